The van der Waals surface area contributed by atoms with Gasteiger partial charge in [-0.3, -0.25) is 9.59 Å². The molecule has 2 amide bonds. The van der Waals surface area contributed by atoms with Gasteiger partial charge in [0, 0.05) is 24.2 Å². The predicted molar refractivity (Wildman–Crippen MR) is 87.2 cm³/mol. The summed E-state index contributed by atoms with van der Waals surface area (Å²) >= 11 is 0. The molecule has 1 aliphatic rings. The smallest absolute Gasteiger partial charge is 0.257 e. The largest absolute Gasteiger partial charge is 0.507 e. The third-order valence-electron chi connectivity index (χ3n) is 4.14. The van der Waals surface area contributed by atoms with Crippen LogP contribution in [0.1, 0.15) is 30.6 Å². The van der Waals surface area contributed by atoms with Gasteiger partial charge >= 0.3 is 0 Å². The first-order chi connectivity index (χ1) is 10.7. The Hall–Kier alpha value is -2.34. The second-order valence-electron chi connectivity index (χ2n) is 6.45. The fraction of sp³-hybridized carbons (Fsp3) is 0.412. The summed E-state index contributed by atoms with van der Waals surface area (Å²) in [6, 6.07) is 4.32. The fourth-order valence-electron chi connectivity index (χ4n) is 2.67. The van der Waals surface area contributed by atoms with Crippen LogP contribution >= 0.6 is 0 Å². The Balaban J connectivity index is 2.23. The molecule has 1 fully saturated rings. The number of amides is 2. The molecule has 23 heavy (non-hydrogen) atoms. The van der Waals surface area contributed by atoms with Crippen molar-refractivity contribution in [3.63, 3.8) is 0 Å². The molecule has 0 bridgehead atoms. The van der Waals surface area contributed by atoms with Gasteiger partial charge in [0.1, 0.15) is 5.75 Å². The molecule has 1 heterocycles. The zero-order valence-electron chi connectivity index (χ0n) is 13.4. The van der Waals surface area contributed by atoms with Crippen molar-refractivity contribution in [2.45, 2.75) is 26.4 Å². The maximum Gasteiger partial charge on any atom is 0.257 e. The molecule has 0 spiro atoms. The lowest BCUT2D eigenvalue weighted by Gasteiger charge is -2.41. The summed E-state index contributed by atoms with van der Waals surface area (Å²) in [5.74, 6) is -0.857. The van der Waals surface area contributed by atoms with Gasteiger partial charge in [-0.05, 0) is 30.7 Å². The van der Waals surface area contributed by atoms with Crippen LogP contribution in [0.5, 0.6) is 5.75 Å². The van der Waals surface area contributed by atoms with Gasteiger partial charge in [0.25, 0.3) is 5.91 Å². The van der Waals surface area contributed by atoms with Crippen molar-refractivity contribution < 1.29 is 19.8 Å². The monoisotopic (exact) mass is 318 g/mol. The summed E-state index contributed by atoms with van der Waals surface area (Å²) in [4.78, 5) is 25.6. The number of likely N-dealkylation sites (tertiary alicyclic amines) is 1. The minimum Gasteiger partial charge on any atom is -0.507 e. The number of piperidine rings is 1. The van der Waals surface area contributed by atoms with Crippen molar-refractivity contribution in [3.05, 3.63) is 36.4 Å². The number of hydrogen-bond acceptors (Lipinski definition) is 4. The highest BCUT2D eigenvalue weighted by atomic mass is 16.3. The Morgan fingerprint density at radius 2 is 2.13 bits per heavy atom. The second-order valence-corrected chi connectivity index (χ2v) is 6.45. The van der Waals surface area contributed by atoms with E-state index in [0.717, 1.165) is 6.08 Å². The van der Waals surface area contributed by atoms with Crippen molar-refractivity contribution in [3.8, 4) is 5.75 Å². The highest BCUT2D eigenvalue weighted by molar-refractivity contribution is 6.02. The first kappa shape index (κ1) is 17.0. The molecule has 0 aliphatic carbocycles. The average molecular weight is 318 g/mol. The van der Waals surface area contributed by atoms with Gasteiger partial charge < -0.3 is 20.4 Å². The SMILES string of the molecule is C=CC(=O)Nc1ccc(O)c(C(=O)N2CCC(O)C(C)(C)C2)c1. The number of hydrogen-bond donors (Lipinski definition) is 3. The lowest BCUT2D eigenvalue weighted by Crippen LogP contribution is -2.50. The van der Waals surface area contributed by atoms with E-state index < -0.39 is 17.4 Å². The number of rotatable bonds is 3. The molecule has 0 radical (unpaired) electrons. The molecule has 2 rings (SSSR count). The molecule has 1 aromatic rings. The lowest BCUT2D eigenvalue weighted by molar-refractivity contribution is -0.111. The summed E-state index contributed by atoms with van der Waals surface area (Å²) in [5, 5.41) is 22.5. The third-order valence-corrected chi connectivity index (χ3v) is 4.14. The lowest BCUT2D eigenvalue weighted by atomic mass is 9.81. The Bertz CT molecular complexity index is 639. The molecule has 6 heteroatoms. The Kier molecular flexibility index (Phi) is 4.75. The number of nitrogens with one attached hydrogen (secondary N) is 1. The van der Waals surface area contributed by atoms with Crippen LogP contribution in [0.2, 0.25) is 0 Å². The standard InChI is InChI=1S/C17H22N2O4/c1-4-15(22)18-11-5-6-13(20)12(9-11)16(23)19-8-7-14(21)17(2,3)10-19/h4-6,9,14,20-21H,1,7-8,10H2,2-3H3,(H,18,22). The van der Waals surface area contributed by atoms with E-state index in [4.69, 9.17) is 0 Å². The molecule has 6 nitrogen and oxygen atoms in total. The van der Waals surface area contributed by atoms with Gasteiger partial charge in [-0.25, -0.2) is 0 Å². The van der Waals surface area contributed by atoms with Crippen molar-refractivity contribution in [2.24, 2.45) is 5.41 Å². The average Bonchev–Trinajstić information content (AvgIpc) is 2.51. The number of anilines is 1. The first-order valence-electron chi connectivity index (χ1n) is 7.48. The molecule has 1 aromatic carbocycles. The van der Waals surface area contributed by atoms with Crippen molar-refractivity contribution in [2.75, 3.05) is 18.4 Å². The number of benzene rings is 1. The van der Waals surface area contributed by atoms with Crippen LogP contribution in [0.4, 0.5) is 5.69 Å². The number of carbonyl (C=O) groups excluding carboxylic acids is 2. The van der Waals surface area contributed by atoms with Crippen LogP contribution < -0.4 is 5.32 Å². The van der Waals surface area contributed by atoms with Gasteiger partial charge in [0.15, 0.2) is 0 Å². The van der Waals surface area contributed by atoms with E-state index in [1.54, 1.807) is 4.90 Å². The van der Waals surface area contributed by atoms with Gasteiger partial charge in [-0.1, -0.05) is 20.4 Å². The predicted octanol–water partition coefficient (Wildman–Crippen LogP) is 1.75. The fourth-order valence-corrected chi connectivity index (χ4v) is 2.67. The quantitative estimate of drug-likeness (QED) is 0.585. The van der Waals surface area contributed by atoms with Gasteiger partial charge in [-0.2, -0.15) is 0 Å². The zero-order chi connectivity index (χ0) is 17.2. The second kappa shape index (κ2) is 6.42. The molecular formula is C17H22N2O4. The van der Waals surface area contributed by atoms with Gasteiger partial charge in [-0.15, -0.1) is 0 Å². The van der Waals surface area contributed by atoms with Crippen LogP contribution in [-0.4, -0.2) is 46.1 Å². The van der Waals surface area contributed by atoms with Crippen molar-refractivity contribution in [1.82, 2.24) is 4.90 Å². The zero-order valence-corrected chi connectivity index (χ0v) is 13.4. The molecule has 1 atom stereocenters. The molecule has 124 valence electrons. The number of nitrogens with zero attached hydrogens (tertiary/aromatic N) is 1. The summed E-state index contributed by atoms with van der Waals surface area (Å²) < 4.78 is 0. The molecule has 3 N–H and O–H groups in total. The van der Waals surface area contributed by atoms with Gasteiger partial charge in [0.2, 0.25) is 5.91 Å². The number of aromatic hydroxyl groups is 1. The third kappa shape index (κ3) is 3.71. The molecule has 0 saturated carbocycles. The number of aliphatic hydroxyl groups excluding tert-OH is 1. The Labute approximate surface area is 135 Å². The van der Waals surface area contributed by atoms with E-state index in [1.807, 2.05) is 13.8 Å². The van der Waals surface area contributed by atoms with E-state index in [1.165, 1.54) is 18.2 Å². The summed E-state index contributed by atoms with van der Waals surface area (Å²) in [5.41, 5.74) is 0.129. The molecule has 1 aliphatic heterocycles. The minimum atomic E-state index is -0.460. The Morgan fingerprint density at radius 1 is 1.43 bits per heavy atom. The molecule has 1 unspecified atom stereocenters. The Morgan fingerprint density at radius 3 is 2.74 bits per heavy atom. The molecule has 1 saturated heterocycles. The van der Waals surface area contributed by atoms with E-state index in [2.05, 4.69) is 11.9 Å². The van der Waals surface area contributed by atoms with Crippen molar-refractivity contribution in [1.29, 1.82) is 0 Å². The number of phenols is 1. The van der Waals surface area contributed by atoms with E-state index in [0.29, 0.717) is 25.2 Å². The summed E-state index contributed by atoms with van der Waals surface area (Å²) in [6.45, 7) is 7.99. The maximum absolute atomic E-state index is 12.7. The van der Waals surface area contributed by atoms with Crippen LogP contribution in [0, 0.1) is 5.41 Å². The summed E-state index contributed by atoms with van der Waals surface area (Å²) in [6.07, 6.45) is 1.16. The van der Waals surface area contributed by atoms with Crippen LogP contribution in [-0.2, 0) is 4.79 Å². The van der Waals surface area contributed by atoms with Crippen LogP contribution in [0.25, 0.3) is 0 Å². The van der Waals surface area contributed by atoms with Crippen molar-refractivity contribution >= 4 is 17.5 Å². The highest BCUT2D eigenvalue weighted by Crippen LogP contribution is 2.31. The maximum atomic E-state index is 12.7. The van der Waals surface area contributed by atoms with E-state index in [9.17, 15) is 19.8 Å². The van der Waals surface area contributed by atoms with Gasteiger partial charge in [0.05, 0.1) is 11.7 Å². The normalized spacial score (nSPS) is 20.0. The van der Waals surface area contributed by atoms with Crippen LogP contribution in [0.3, 0.4) is 0 Å². The number of phenolic OH excluding ortho intramolecular Hbond substituents is 1. The minimum absolute atomic E-state index is 0.124. The van der Waals surface area contributed by atoms with E-state index in [-0.39, 0.29) is 17.2 Å². The van der Waals surface area contributed by atoms with Crippen LogP contribution in [0.15, 0.2) is 30.9 Å². The topological polar surface area (TPSA) is 89.9 Å². The molecule has 0 aromatic heterocycles. The number of carbonyl (C=O) groups is 2. The molecular weight excluding hydrogens is 296 g/mol. The van der Waals surface area contributed by atoms with E-state index >= 15 is 0 Å². The highest BCUT2D eigenvalue weighted by Gasteiger charge is 2.37. The summed E-state index contributed by atoms with van der Waals surface area (Å²) in [7, 11) is 0. The number of aliphatic hydroxyl groups is 1. The first-order valence-corrected chi connectivity index (χ1v) is 7.48.